The van der Waals surface area contributed by atoms with Gasteiger partial charge in [0.25, 0.3) is 0 Å². The molecule has 1 aliphatic heterocycles. The van der Waals surface area contributed by atoms with Crippen LogP contribution in [0.2, 0.25) is 0 Å². The maximum Gasteiger partial charge on any atom is 0.225 e. The molecule has 0 spiro atoms. The summed E-state index contributed by atoms with van der Waals surface area (Å²) in [6.45, 7) is 0. The van der Waals surface area contributed by atoms with Crippen LogP contribution in [0.15, 0.2) is 47.9 Å². The lowest BCUT2D eigenvalue weighted by Crippen LogP contribution is -2.17. The molecule has 3 rings (SSSR count). The molecule has 1 amide bonds. The van der Waals surface area contributed by atoms with Crippen LogP contribution in [0.3, 0.4) is 0 Å². The third-order valence-electron chi connectivity index (χ3n) is 3.29. The number of benzene rings is 1. The van der Waals surface area contributed by atoms with Crippen LogP contribution in [0.5, 0.6) is 0 Å². The van der Waals surface area contributed by atoms with Gasteiger partial charge >= 0.3 is 0 Å². The molecule has 5 nitrogen and oxygen atoms in total. The van der Waals surface area contributed by atoms with E-state index in [-0.39, 0.29) is 24.0 Å². The molecule has 7 heteroatoms. The predicted molar refractivity (Wildman–Crippen MR) is 87.2 cm³/mol. The Morgan fingerprint density at radius 2 is 2.09 bits per heavy atom. The van der Waals surface area contributed by atoms with E-state index in [4.69, 9.17) is 0 Å². The van der Waals surface area contributed by atoms with E-state index in [1.807, 2.05) is 36.4 Å². The number of allylic oxidation sites excluding steroid dienone is 1. The van der Waals surface area contributed by atoms with Gasteiger partial charge in [-0.2, -0.15) is 4.37 Å². The van der Waals surface area contributed by atoms with E-state index in [1.165, 1.54) is 16.9 Å². The van der Waals surface area contributed by atoms with Crippen LogP contribution in [-0.2, 0) is 14.6 Å². The zero-order chi connectivity index (χ0) is 15.6. The second kappa shape index (κ2) is 6.02. The summed E-state index contributed by atoms with van der Waals surface area (Å²) in [7, 11) is -3.12. The molecular formula is C15H14N2O3S2. The van der Waals surface area contributed by atoms with Crippen molar-refractivity contribution in [3.8, 4) is 11.3 Å². The molecule has 1 aromatic heterocycles. The van der Waals surface area contributed by atoms with Gasteiger partial charge in [0.15, 0.2) is 9.84 Å². The summed E-state index contributed by atoms with van der Waals surface area (Å²) in [4.78, 5) is 12.0. The fourth-order valence-corrected chi connectivity index (χ4v) is 4.35. The van der Waals surface area contributed by atoms with Gasteiger partial charge < -0.3 is 5.32 Å². The van der Waals surface area contributed by atoms with E-state index in [0.29, 0.717) is 5.00 Å². The summed E-state index contributed by atoms with van der Waals surface area (Å²) in [6.07, 6.45) is 1.74. The number of aromatic nitrogens is 1. The fourth-order valence-electron chi connectivity index (χ4n) is 2.27. The Kier molecular flexibility index (Phi) is 4.08. The van der Waals surface area contributed by atoms with Crippen LogP contribution >= 0.6 is 11.5 Å². The molecule has 0 fully saturated rings. The molecule has 1 N–H and O–H groups in total. The number of rotatable bonds is 4. The van der Waals surface area contributed by atoms with E-state index in [2.05, 4.69) is 9.69 Å². The van der Waals surface area contributed by atoms with Crippen LogP contribution in [0.1, 0.15) is 6.42 Å². The van der Waals surface area contributed by atoms with E-state index in [0.717, 1.165) is 11.3 Å². The molecule has 1 aliphatic rings. The number of amides is 1. The number of sulfone groups is 1. The van der Waals surface area contributed by atoms with E-state index in [9.17, 15) is 13.2 Å². The zero-order valence-corrected chi connectivity index (χ0v) is 13.2. The quantitative estimate of drug-likeness (QED) is 0.933. The molecule has 0 radical (unpaired) electrons. The summed E-state index contributed by atoms with van der Waals surface area (Å²) in [5.74, 6) is -0.431. The molecular weight excluding hydrogens is 320 g/mol. The number of hydrogen-bond donors (Lipinski definition) is 1. The summed E-state index contributed by atoms with van der Waals surface area (Å²) in [6, 6.07) is 11.5. The Hall–Kier alpha value is -1.99. The van der Waals surface area contributed by atoms with Crippen molar-refractivity contribution < 1.29 is 13.2 Å². The molecule has 114 valence electrons. The van der Waals surface area contributed by atoms with Gasteiger partial charge in [0.2, 0.25) is 5.91 Å². The number of carbonyl (C=O) groups excluding carboxylic acids is 1. The molecule has 0 saturated carbocycles. The molecule has 0 aliphatic carbocycles. The molecule has 22 heavy (non-hydrogen) atoms. The Balaban J connectivity index is 1.61. The van der Waals surface area contributed by atoms with Crippen molar-refractivity contribution in [2.75, 3.05) is 11.1 Å². The highest BCUT2D eigenvalue weighted by Crippen LogP contribution is 2.26. The first-order valence-corrected chi connectivity index (χ1v) is 9.24. The van der Waals surface area contributed by atoms with E-state index in [1.54, 1.807) is 6.08 Å². The molecule has 0 unspecified atom stereocenters. The van der Waals surface area contributed by atoms with Crippen LogP contribution < -0.4 is 5.32 Å². The standard InChI is InChI=1S/C15H14N2O3S2/c18-14(8-11-6-7-22(19,20)10-11)16-15-9-13(17-21-15)12-4-2-1-3-5-12/h1-7,9,11H,8,10H2,(H,16,18)/t11-/m1/s1. The van der Waals surface area contributed by atoms with Crippen molar-refractivity contribution in [1.29, 1.82) is 0 Å². The predicted octanol–water partition coefficient (Wildman–Crippen LogP) is 2.70. The van der Waals surface area contributed by atoms with Gasteiger partial charge in [-0.3, -0.25) is 4.79 Å². The van der Waals surface area contributed by atoms with Gasteiger partial charge in [-0.05, 0) is 11.5 Å². The Morgan fingerprint density at radius 1 is 1.32 bits per heavy atom. The van der Waals surface area contributed by atoms with Gasteiger partial charge in [0.05, 0.1) is 11.4 Å². The van der Waals surface area contributed by atoms with Gasteiger partial charge in [0, 0.05) is 29.4 Å². The molecule has 0 bridgehead atoms. The van der Waals surface area contributed by atoms with Crippen LogP contribution in [0.4, 0.5) is 5.00 Å². The zero-order valence-electron chi connectivity index (χ0n) is 11.6. The lowest BCUT2D eigenvalue weighted by molar-refractivity contribution is -0.116. The van der Waals surface area contributed by atoms with Crippen molar-refractivity contribution in [2.24, 2.45) is 5.92 Å². The number of anilines is 1. The number of nitrogens with one attached hydrogen (secondary N) is 1. The fraction of sp³-hybridized carbons (Fsp3) is 0.200. The third kappa shape index (κ3) is 3.61. The normalized spacial score (nSPS) is 19.2. The van der Waals surface area contributed by atoms with Gasteiger partial charge in [-0.15, -0.1) is 0 Å². The lowest BCUT2D eigenvalue weighted by atomic mass is 10.1. The Bertz CT molecular complexity index is 810. The van der Waals surface area contributed by atoms with Crippen LogP contribution in [0.25, 0.3) is 11.3 Å². The SMILES string of the molecule is O=C(C[C@H]1C=CS(=O)(=O)C1)Nc1cc(-c2ccccc2)ns1. The highest BCUT2D eigenvalue weighted by molar-refractivity contribution is 7.94. The highest BCUT2D eigenvalue weighted by atomic mass is 32.2. The first-order valence-electron chi connectivity index (χ1n) is 6.75. The van der Waals surface area contributed by atoms with Crippen molar-refractivity contribution >= 4 is 32.3 Å². The molecule has 1 atom stereocenters. The highest BCUT2D eigenvalue weighted by Gasteiger charge is 2.24. The van der Waals surface area contributed by atoms with Gasteiger partial charge in [-0.25, -0.2) is 8.42 Å². The molecule has 0 saturated heterocycles. The van der Waals surface area contributed by atoms with Crippen molar-refractivity contribution in [2.45, 2.75) is 6.42 Å². The first kappa shape index (κ1) is 14.9. The molecule has 1 aromatic carbocycles. The average Bonchev–Trinajstić information content (AvgIpc) is 3.06. The van der Waals surface area contributed by atoms with Gasteiger partial charge in [-0.1, -0.05) is 36.4 Å². The summed E-state index contributed by atoms with van der Waals surface area (Å²) >= 11 is 1.21. The minimum Gasteiger partial charge on any atom is -0.316 e. The Labute approximate surface area is 132 Å². The van der Waals surface area contributed by atoms with E-state index < -0.39 is 9.84 Å². The van der Waals surface area contributed by atoms with Crippen molar-refractivity contribution in [1.82, 2.24) is 4.37 Å². The maximum absolute atomic E-state index is 12.0. The van der Waals surface area contributed by atoms with E-state index >= 15 is 0 Å². The minimum absolute atomic E-state index is 0.0123. The first-order chi connectivity index (χ1) is 10.5. The van der Waals surface area contributed by atoms with Gasteiger partial charge in [0.1, 0.15) is 5.00 Å². The monoisotopic (exact) mass is 334 g/mol. The minimum atomic E-state index is -3.12. The molecule has 2 heterocycles. The summed E-state index contributed by atoms with van der Waals surface area (Å²) in [5, 5.41) is 4.62. The van der Waals surface area contributed by atoms with Crippen LogP contribution in [0, 0.1) is 5.92 Å². The smallest absolute Gasteiger partial charge is 0.225 e. The number of carbonyl (C=O) groups is 1. The second-order valence-corrected chi connectivity index (χ2v) is 7.85. The summed E-state index contributed by atoms with van der Waals surface area (Å²) in [5.41, 5.74) is 1.80. The van der Waals surface area contributed by atoms with Crippen molar-refractivity contribution in [3.63, 3.8) is 0 Å². The Morgan fingerprint density at radius 3 is 2.77 bits per heavy atom. The summed E-state index contributed by atoms with van der Waals surface area (Å²) < 4.78 is 26.9. The van der Waals surface area contributed by atoms with Crippen molar-refractivity contribution in [3.05, 3.63) is 47.9 Å². The number of nitrogens with zero attached hydrogens (tertiary/aromatic N) is 1. The molecule has 2 aromatic rings. The van der Waals surface area contributed by atoms with Crippen LogP contribution in [-0.4, -0.2) is 24.5 Å². The number of hydrogen-bond acceptors (Lipinski definition) is 5. The largest absolute Gasteiger partial charge is 0.316 e. The third-order valence-corrected chi connectivity index (χ3v) is 5.46. The maximum atomic E-state index is 12.0. The lowest BCUT2D eigenvalue weighted by Gasteiger charge is -2.05. The second-order valence-electron chi connectivity index (χ2n) is 5.11. The average molecular weight is 334 g/mol. The topological polar surface area (TPSA) is 76.1 Å².